The molecule has 9 nitrogen and oxygen atoms in total. The number of nitrogens with one attached hydrogen (secondary N) is 2. The van der Waals surface area contributed by atoms with Crippen molar-refractivity contribution in [3.05, 3.63) is 27.0 Å². The van der Waals surface area contributed by atoms with Crippen LogP contribution in [0.1, 0.15) is 38.3 Å². The molecule has 1 unspecified atom stereocenters. The molecule has 24 heavy (non-hydrogen) atoms. The second-order valence-electron chi connectivity index (χ2n) is 5.95. The van der Waals surface area contributed by atoms with Gasteiger partial charge in [0.25, 0.3) is 5.56 Å². The van der Waals surface area contributed by atoms with Crippen molar-refractivity contribution in [2.45, 2.75) is 50.5 Å². The maximum atomic E-state index is 12.0. The normalized spacial score (nSPS) is 23.5. The SMILES string of the molecule is NCCCCCCNc1cn([C@@H]2CC(O)[C@H](CO)O2)c(=O)[nH]c1=O. The summed E-state index contributed by atoms with van der Waals surface area (Å²) < 4.78 is 6.69. The van der Waals surface area contributed by atoms with Gasteiger partial charge >= 0.3 is 5.69 Å². The standard InChI is InChI=1S/C15H26N4O5/c16-5-3-1-2-4-6-17-10-8-19(15(23)18-14(10)22)13-7-11(21)12(9-20)24-13/h8,11-13,17,20-21H,1-7,9,16H2,(H,18,22,23)/t11?,12-,13-/m0/s1. The van der Waals surface area contributed by atoms with E-state index in [2.05, 4.69) is 10.3 Å². The molecule has 1 aliphatic rings. The van der Waals surface area contributed by atoms with Gasteiger partial charge in [-0.1, -0.05) is 12.8 Å². The molecule has 3 atom stereocenters. The van der Waals surface area contributed by atoms with E-state index in [4.69, 9.17) is 15.6 Å². The molecule has 2 heterocycles. The lowest BCUT2D eigenvalue weighted by Gasteiger charge is -2.15. The quantitative estimate of drug-likeness (QED) is 0.366. The van der Waals surface area contributed by atoms with Crippen molar-refractivity contribution in [2.24, 2.45) is 5.73 Å². The van der Waals surface area contributed by atoms with Gasteiger partial charge in [0, 0.05) is 19.2 Å². The lowest BCUT2D eigenvalue weighted by Crippen LogP contribution is -2.34. The largest absolute Gasteiger partial charge is 0.394 e. The Morgan fingerprint density at radius 3 is 2.75 bits per heavy atom. The lowest BCUT2D eigenvalue weighted by molar-refractivity contribution is -0.0458. The summed E-state index contributed by atoms with van der Waals surface area (Å²) in [5.74, 6) is 0. The summed E-state index contributed by atoms with van der Waals surface area (Å²) in [6, 6.07) is 0. The topological polar surface area (TPSA) is 143 Å². The minimum Gasteiger partial charge on any atom is -0.394 e. The Morgan fingerprint density at radius 2 is 2.08 bits per heavy atom. The number of rotatable bonds is 9. The Labute approximate surface area is 139 Å². The first kappa shape index (κ1) is 18.7. The molecule has 6 N–H and O–H groups in total. The summed E-state index contributed by atoms with van der Waals surface area (Å²) in [5, 5.41) is 21.9. The number of aliphatic hydroxyl groups excluding tert-OH is 2. The second kappa shape index (κ2) is 8.97. The number of hydrogen-bond donors (Lipinski definition) is 5. The van der Waals surface area contributed by atoms with Crippen LogP contribution in [0.25, 0.3) is 0 Å². The smallest absolute Gasteiger partial charge is 0.330 e. The minimum absolute atomic E-state index is 0.176. The molecule has 1 aliphatic heterocycles. The zero-order valence-electron chi connectivity index (χ0n) is 13.6. The van der Waals surface area contributed by atoms with Crippen LogP contribution in [-0.2, 0) is 4.74 Å². The number of aromatic nitrogens is 2. The van der Waals surface area contributed by atoms with Crippen LogP contribution in [0.15, 0.2) is 15.8 Å². The molecule has 0 aromatic carbocycles. The second-order valence-corrected chi connectivity index (χ2v) is 5.95. The van der Waals surface area contributed by atoms with Gasteiger partial charge < -0.3 is 26.0 Å². The maximum absolute atomic E-state index is 12.0. The van der Waals surface area contributed by atoms with Gasteiger partial charge in [-0.2, -0.15) is 0 Å². The highest BCUT2D eigenvalue weighted by Gasteiger charge is 2.35. The number of nitrogens with two attached hydrogens (primary N) is 1. The summed E-state index contributed by atoms with van der Waals surface area (Å²) in [6.45, 7) is 0.961. The van der Waals surface area contributed by atoms with Crippen LogP contribution in [-0.4, -0.2) is 51.7 Å². The number of nitrogens with zero attached hydrogens (tertiary/aromatic N) is 1. The molecule has 0 spiro atoms. The van der Waals surface area contributed by atoms with E-state index in [9.17, 15) is 14.7 Å². The van der Waals surface area contributed by atoms with Crippen LogP contribution < -0.4 is 22.3 Å². The van der Waals surface area contributed by atoms with Gasteiger partial charge in [0.15, 0.2) is 0 Å². The molecule has 0 saturated carbocycles. The molecule has 0 amide bonds. The fraction of sp³-hybridized carbons (Fsp3) is 0.733. The zero-order valence-corrected chi connectivity index (χ0v) is 13.6. The Balaban J connectivity index is 2.01. The van der Waals surface area contributed by atoms with Crippen LogP contribution in [0.3, 0.4) is 0 Å². The summed E-state index contributed by atoms with van der Waals surface area (Å²) in [4.78, 5) is 26.1. The number of aromatic amines is 1. The molecule has 1 saturated heterocycles. The van der Waals surface area contributed by atoms with Crippen LogP contribution in [0.2, 0.25) is 0 Å². The Kier molecular flexibility index (Phi) is 6.98. The van der Waals surface area contributed by atoms with Crippen molar-refractivity contribution in [3.63, 3.8) is 0 Å². The highest BCUT2D eigenvalue weighted by Crippen LogP contribution is 2.27. The van der Waals surface area contributed by atoms with Crippen molar-refractivity contribution in [1.82, 2.24) is 9.55 Å². The van der Waals surface area contributed by atoms with Gasteiger partial charge in [0.05, 0.1) is 12.7 Å². The van der Waals surface area contributed by atoms with Gasteiger partial charge in [0.1, 0.15) is 18.0 Å². The van der Waals surface area contributed by atoms with Crippen LogP contribution >= 0.6 is 0 Å². The molecule has 0 bridgehead atoms. The lowest BCUT2D eigenvalue weighted by atomic mass is 10.2. The fourth-order valence-corrected chi connectivity index (χ4v) is 2.72. The fourth-order valence-electron chi connectivity index (χ4n) is 2.72. The van der Waals surface area contributed by atoms with E-state index in [1.165, 1.54) is 10.8 Å². The molecule has 136 valence electrons. The van der Waals surface area contributed by atoms with E-state index >= 15 is 0 Å². The van der Waals surface area contributed by atoms with Crippen LogP contribution in [0, 0.1) is 0 Å². The zero-order chi connectivity index (χ0) is 17.5. The molecule has 0 radical (unpaired) electrons. The number of aliphatic hydroxyl groups is 2. The van der Waals surface area contributed by atoms with E-state index < -0.39 is 29.7 Å². The van der Waals surface area contributed by atoms with Crippen molar-refractivity contribution < 1.29 is 14.9 Å². The molecule has 0 aliphatic carbocycles. The van der Waals surface area contributed by atoms with E-state index in [1.807, 2.05) is 0 Å². The molecular formula is C15H26N4O5. The molecule has 1 aromatic rings. The third kappa shape index (κ3) is 4.67. The minimum atomic E-state index is -0.849. The first-order chi connectivity index (χ1) is 11.6. The monoisotopic (exact) mass is 342 g/mol. The summed E-state index contributed by atoms with van der Waals surface area (Å²) in [6.07, 6.45) is 3.22. The highest BCUT2D eigenvalue weighted by atomic mass is 16.5. The Bertz CT molecular complexity index is 629. The first-order valence-electron chi connectivity index (χ1n) is 8.30. The van der Waals surface area contributed by atoms with Crippen LogP contribution in [0.5, 0.6) is 0 Å². The molecule has 1 fully saturated rings. The average Bonchev–Trinajstić information content (AvgIpc) is 2.93. The van der Waals surface area contributed by atoms with Gasteiger partial charge in [0.2, 0.25) is 0 Å². The first-order valence-corrected chi connectivity index (χ1v) is 8.30. The van der Waals surface area contributed by atoms with Crippen molar-refractivity contribution >= 4 is 5.69 Å². The van der Waals surface area contributed by atoms with E-state index in [0.29, 0.717) is 13.1 Å². The van der Waals surface area contributed by atoms with Gasteiger partial charge in [-0.15, -0.1) is 0 Å². The number of anilines is 1. The number of hydrogen-bond acceptors (Lipinski definition) is 7. The average molecular weight is 342 g/mol. The number of ether oxygens (including phenoxy) is 1. The molecule has 2 rings (SSSR count). The summed E-state index contributed by atoms with van der Waals surface area (Å²) in [7, 11) is 0. The third-order valence-electron chi connectivity index (χ3n) is 4.11. The molecular weight excluding hydrogens is 316 g/mol. The predicted octanol–water partition coefficient (Wildman–Crippen LogP) is -0.892. The van der Waals surface area contributed by atoms with Crippen molar-refractivity contribution in [2.75, 3.05) is 25.0 Å². The summed E-state index contributed by atoms with van der Waals surface area (Å²) >= 11 is 0. The molecule has 1 aromatic heterocycles. The van der Waals surface area contributed by atoms with Crippen molar-refractivity contribution in [3.8, 4) is 0 Å². The summed E-state index contributed by atoms with van der Waals surface area (Å²) in [5.41, 5.74) is 4.61. The van der Waals surface area contributed by atoms with E-state index in [1.54, 1.807) is 0 Å². The Hall–Kier alpha value is -1.68. The third-order valence-corrected chi connectivity index (χ3v) is 4.11. The van der Waals surface area contributed by atoms with Gasteiger partial charge in [-0.05, 0) is 19.4 Å². The number of unbranched alkanes of at least 4 members (excludes halogenated alkanes) is 3. The molecule has 9 heteroatoms. The highest BCUT2D eigenvalue weighted by molar-refractivity contribution is 5.37. The van der Waals surface area contributed by atoms with Crippen molar-refractivity contribution in [1.29, 1.82) is 0 Å². The van der Waals surface area contributed by atoms with E-state index in [-0.39, 0.29) is 18.7 Å². The van der Waals surface area contributed by atoms with Gasteiger partial charge in [-0.3, -0.25) is 14.3 Å². The number of H-pyrrole nitrogens is 1. The predicted molar refractivity (Wildman–Crippen MR) is 89.0 cm³/mol. The van der Waals surface area contributed by atoms with Gasteiger partial charge in [-0.25, -0.2) is 4.79 Å². The maximum Gasteiger partial charge on any atom is 0.330 e. The Morgan fingerprint density at radius 1 is 1.33 bits per heavy atom. The van der Waals surface area contributed by atoms with E-state index in [0.717, 1.165) is 25.7 Å². The van der Waals surface area contributed by atoms with Crippen LogP contribution in [0.4, 0.5) is 5.69 Å².